The Morgan fingerprint density at radius 1 is 1.06 bits per heavy atom. The van der Waals surface area contributed by atoms with Crippen LogP contribution in [0.1, 0.15) is 5.56 Å². The first-order valence-electron chi connectivity index (χ1n) is 5.32. The highest BCUT2D eigenvalue weighted by atomic mass is 19.4. The van der Waals surface area contributed by atoms with Crippen LogP contribution in [-0.2, 0) is 11.3 Å². The molecule has 96 valence electrons. The second-order valence-corrected chi connectivity index (χ2v) is 3.78. The van der Waals surface area contributed by atoms with Crippen molar-refractivity contribution < 1.29 is 22.3 Å². The van der Waals surface area contributed by atoms with Crippen molar-refractivity contribution in [1.82, 2.24) is 0 Å². The van der Waals surface area contributed by atoms with E-state index in [2.05, 4.69) is 4.74 Å². The minimum absolute atomic E-state index is 0.0576. The molecule has 0 amide bonds. The molecule has 0 aliphatic heterocycles. The van der Waals surface area contributed by atoms with Gasteiger partial charge in [-0.25, -0.2) is 0 Å². The normalized spacial score (nSPS) is 11.7. The third kappa shape index (κ3) is 3.63. The minimum atomic E-state index is -4.28. The average Bonchev–Trinajstić information content (AvgIpc) is 2.82. The molecule has 1 aromatic carbocycles. The first-order valence-corrected chi connectivity index (χ1v) is 5.32. The zero-order chi connectivity index (χ0) is 13.0. The highest BCUT2D eigenvalue weighted by Gasteiger charge is 2.27. The van der Waals surface area contributed by atoms with E-state index >= 15 is 0 Å². The molecule has 0 N–H and O–H groups in total. The summed E-state index contributed by atoms with van der Waals surface area (Å²) in [6.07, 6.45) is -2.72. The van der Waals surface area contributed by atoms with Crippen molar-refractivity contribution in [3.05, 3.63) is 48.2 Å². The van der Waals surface area contributed by atoms with Gasteiger partial charge in [0.1, 0.15) is 12.4 Å². The summed E-state index contributed by atoms with van der Waals surface area (Å²) < 4.78 is 45.4. The summed E-state index contributed by atoms with van der Waals surface area (Å²) in [6, 6.07) is 10.6. The average molecular weight is 256 g/mol. The van der Waals surface area contributed by atoms with Gasteiger partial charge >= 0.3 is 6.18 Å². The van der Waals surface area contributed by atoms with Gasteiger partial charge in [0.05, 0.1) is 12.9 Å². The van der Waals surface area contributed by atoms with E-state index in [9.17, 15) is 13.2 Å². The van der Waals surface area contributed by atoms with Crippen molar-refractivity contribution in [2.75, 3.05) is 6.61 Å². The van der Waals surface area contributed by atoms with Crippen LogP contribution in [-0.4, -0.2) is 12.8 Å². The fourth-order valence-electron chi connectivity index (χ4n) is 1.49. The number of hydrogen-bond donors (Lipinski definition) is 0. The molecule has 0 fully saturated rings. The van der Waals surface area contributed by atoms with E-state index in [4.69, 9.17) is 4.42 Å². The molecule has 0 unspecified atom stereocenters. The Bertz CT molecular complexity index is 472. The minimum Gasteiger partial charge on any atom is -0.464 e. The molecular weight excluding hydrogens is 245 g/mol. The summed E-state index contributed by atoms with van der Waals surface area (Å²) in [7, 11) is 0. The molecule has 0 spiro atoms. The van der Waals surface area contributed by atoms with Gasteiger partial charge in [0.25, 0.3) is 0 Å². The third-order valence-electron chi connectivity index (χ3n) is 2.29. The number of ether oxygens (including phenoxy) is 1. The maximum Gasteiger partial charge on any atom is 0.411 e. The summed E-state index contributed by atoms with van der Waals surface area (Å²) in [5.74, 6) is 0.720. The van der Waals surface area contributed by atoms with Crippen molar-refractivity contribution in [1.29, 1.82) is 0 Å². The molecule has 2 nitrogen and oxygen atoms in total. The first-order chi connectivity index (χ1) is 8.54. The monoisotopic (exact) mass is 256 g/mol. The Hall–Kier alpha value is -1.75. The van der Waals surface area contributed by atoms with Crippen LogP contribution in [0.15, 0.2) is 47.1 Å². The number of benzene rings is 1. The predicted octanol–water partition coefficient (Wildman–Crippen LogP) is 4.03. The fourth-order valence-corrected chi connectivity index (χ4v) is 1.49. The van der Waals surface area contributed by atoms with Gasteiger partial charge in [0.2, 0.25) is 0 Å². The molecule has 18 heavy (non-hydrogen) atoms. The molecule has 0 aliphatic rings. The summed E-state index contributed by atoms with van der Waals surface area (Å²) in [6.45, 7) is -1.29. The number of furan rings is 1. The van der Waals surface area contributed by atoms with Crippen molar-refractivity contribution >= 4 is 0 Å². The predicted molar refractivity (Wildman–Crippen MR) is 59.9 cm³/mol. The van der Waals surface area contributed by atoms with Crippen molar-refractivity contribution in [2.45, 2.75) is 12.8 Å². The van der Waals surface area contributed by atoms with Crippen molar-refractivity contribution in [2.24, 2.45) is 0 Å². The van der Waals surface area contributed by atoms with Gasteiger partial charge in [-0.1, -0.05) is 24.3 Å². The van der Waals surface area contributed by atoms with Gasteiger partial charge in [-0.15, -0.1) is 0 Å². The van der Waals surface area contributed by atoms with E-state index in [1.807, 2.05) is 6.07 Å². The summed E-state index contributed by atoms with van der Waals surface area (Å²) >= 11 is 0. The zero-order valence-corrected chi connectivity index (χ0v) is 9.41. The molecule has 0 radical (unpaired) electrons. The molecule has 0 saturated carbocycles. The molecule has 0 bridgehead atoms. The Balaban J connectivity index is 1.92. The maximum atomic E-state index is 11.9. The second kappa shape index (κ2) is 5.27. The van der Waals surface area contributed by atoms with Gasteiger partial charge < -0.3 is 9.15 Å². The quantitative estimate of drug-likeness (QED) is 0.824. The third-order valence-corrected chi connectivity index (χ3v) is 2.29. The van der Waals surface area contributed by atoms with E-state index in [1.54, 1.807) is 36.6 Å². The van der Waals surface area contributed by atoms with Crippen molar-refractivity contribution in [3.8, 4) is 11.3 Å². The summed E-state index contributed by atoms with van der Waals surface area (Å²) in [4.78, 5) is 0. The van der Waals surface area contributed by atoms with Crippen LogP contribution < -0.4 is 0 Å². The van der Waals surface area contributed by atoms with Crippen LogP contribution in [0, 0.1) is 0 Å². The van der Waals surface area contributed by atoms with Crippen LogP contribution in [0.2, 0.25) is 0 Å². The first kappa shape index (κ1) is 12.7. The summed E-state index contributed by atoms with van der Waals surface area (Å²) in [5.41, 5.74) is 1.56. The Kier molecular flexibility index (Phi) is 3.72. The molecule has 1 aromatic heterocycles. The van der Waals surface area contributed by atoms with E-state index in [0.29, 0.717) is 5.56 Å². The highest BCUT2D eigenvalue weighted by Crippen LogP contribution is 2.21. The topological polar surface area (TPSA) is 22.4 Å². The number of rotatable bonds is 4. The molecule has 2 aromatic rings. The zero-order valence-electron chi connectivity index (χ0n) is 9.41. The van der Waals surface area contributed by atoms with Crippen LogP contribution in [0.4, 0.5) is 13.2 Å². The lowest BCUT2D eigenvalue weighted by atomic mass is 10.1. The molecule has 0 saturated heterocycles. The molecule has 0 atom stereocenters. The molecule has 1 heterocycles. The van der Waals surface area contributed by atoms with Crippen LogP contribution >= 0.6 is 0 Å². The maximum absolute atomic E-state index is 11.9. The lowest BCUT2D eigenvalue weighted by Gasteiger charge is -2.07. The fraction of sp³-hybridized carbons (Fsp3) is 0.231. The van der Waals surface area contributed by atoms with E-state index in [-0.39, 0.29) is 6.61 Å². The van der Waals surface area contributed by atoms with Crippen molar-refractivity contribution in [3.63, 3.8) is 0 Å². The Morgan fingerprint density at radius 3 is 2.33 bits per heavy atom. The lowest BCUT2D eigenvalue weighted by molar-refractivity contribution is -0.176. The highest BCUT2D eigenvalue weighted by molar-refractivity contribution is 5.57. The standard InChI is InChI=1S/C13H11F3O2/c14-13(15,16)9-17-8-10-3-5-11(6-4-10)12-2-1-7-18-12/h1-7H,8-9H2. The molecule has 2 rings (SSSR count). The van der Waals surface area contributed by atoms with E-state index < -0.39 is 12.8 Å². The van der Waals surface area contributed by atoms with E-state index in [1.165, 1.54) is 0 Å². The molecular formula is C13H11F3O2. The Labute approximate surface area is 102 Å². The smallest absolute Gasteiger partial charge is 0.411 e. The van der Waals surface area contributed by atoms with Gasteiger partial charge in [-0.3, -0.25) is 0 Å². The SMILES string of the molecule is FC(F)(F)COCc1ccc(-c2ccco2)cc1. The molecule has 5 heteroatoms. The lowest BCUT2D eigenvalue weighted by Crippen LogP contribution is -2.16. The number of halogens is 3. The van der Waals surface area contributed by atoms with Gasteiger partial charge in [-0.05, 0) is 17.7 Å². The second-order valence-electron chi connectivity index (χ2n) is 3.78. The Morgan fingerprint density at radius 2 is 1.78 bits per heavy atom. The van der Waals surface area contributed by atoms with Gasteiger partial charge in [-0.2, -0.15) is 13.2 Å². The number of alkyl halides is 3. The summed E-state index contributed by atoms with van der Waals surface area (Å²) in [5, 5.41) is 0. The van der Waals surface area contributed by atoms with E-state index in [0.717, 1.165) is 11.3 Å². The van der Waals surface area contributed by atoms with Gasteiger partial charge in [0.15, 0.2) is 0 Å². The van der Waals surface area contributed by atoms with Crippen LogP contribution in [0.25, 0.3) is 11.3 Å². The van der Waals surface area contributed by atoms with Crippen LogP contribution in [0.5, 0.6) is 0 Å². The largest absolute Gasteiger partial charge is 0.464 e. The van der Waals surface area contributed by atoms with Crippen LogP contribution in [0.3, 0.4) is 0 Å². The number of hydrogen-bond acceptors (Lipinski definition) is 2. The van der Waals surface area contributed by atoms with Gasteiger partial charge in [0, 0.05) is 5.56 Å². The molecule has 0 aliphatic carbocycles.